The molecule has 0 saturated carbocycles. The highest BCUT2D eigenvalue weighted by atomic mass is 17.2. The fourth-order valence-electron chi connectivity index (χ4n) is 2.84. The molecule has 0 saturated heterocycles. The summed E-state index contributed by atoms with van der Waals surface area (Å²) in [5.41, 5.74) is 0. The summed E-state index contributed by atoms with van der Waals surface area (Å²) in [5.74, 6) is -0.391. The summed E-state index contributed by atoms with van der Waals surface area (Å²) in [4.78, 5) is 32.5. The van der Waals surface area contributed by atoms with Crippen LogP contribution in [0.1, 0.15) is 78.6 Å². The first-order valence-electron chi connectivity index (χ1n) is 8.30. The lowest BCUT2D eigenvalue weighted by Gasteiger charge is -2.23. The van der Waals surface area contributed by atoms with Gasteiger partial charge in [0.25, 0.3) is 0 Å². The van der Waals surface area contributed by atoms with Crippen molar-refractivity contribution in [2.24, 2.45) is 11.8 Å². The van der Waals surface area contributed by atoms with Gasteiger partial charge in [0.1, 0.15) is 5.78 Å². The molecule has 2 unspecified atom stereocenters. The van der Waals surface area contributed by atoms with E-state index in [1.165, 1.54) is 39.2 Å². The second kappa shape index (κ2) is 12.8. The summed E-state index contributed by atoms with van der Waals surface area (Å²) >= 11 is 0. The van der Waals surface area contributed by atoms with Crippen LogP contribution in [0, 0.1) is 11.8 Å². The fourth-order valence-corrected chi connectivity index (χ4v) is 2.84. The Bertz CT molecular complexity index is 289. The number of carbonyl (C=O) groups excluding carboxylic acids is 2. The van der Waals surface area contributed by atoms with Crippen molar-refractivity contribution in [1.82, 2.24) is 0 Å². The molecule has 0 aliphatic carbocycles. The van der Waals surface area contributed by atoms with Crippen LogP contribution in [0.3, 0.4) is 0 Å². The lowest BCUT2D eigenvalue weighted by atomic mass is 9.82. The Morgan fingerprint density at radius 1 is 1.00 bits per heavy atom. The van der Waals surface area contributed by atoms with Crippen LogP contribution in [0.25, 0.3) is 0 Å². The Hall–Kier alpha value is -0.900. The minimum absolute atomic E-state index is 0.0707. The maximum Gasteiger partial charge on any atom is 0.345 e. The minimum atomic E-state index is -0.350. The highest BCUT2D eigenvalue weighted by molar-refractivity contribution is 5.78. The standard InChI is InChI=1S/C17H32O4/c1-5-7-8-9-10-11-12-15(13-14(3)18)16(6-2)17(19)21-20-4/h15-16H,5-13H2,1-4H3. The Balaban J connectivity index is 4.34. The minimum Gasteiger partial charge on any atom is -0.300 e. The average Bonchev–Trinajstić information content (AvgIpc) is 2.42. The van der Waals surface area contributed by atoms with Gasteiger partial charge in [0, 0.05) is 6.42 Å². The van der Waals surface area contributed by atoms with Gasteiger partial charge in [0.2, 0.25) is 0 Å². The molecule has 124 valence electrons. The Kier molecular flexibility index (Phi) is 12.3. The third kappa shape index (κ3) is 9.62. The molecule has 2 atom stereocenters. The average molecular weight is 300 g/mol. The Labute approximate surface area is 129 Å². The SMILES string of the molecule is CCCCCCCCC(CC(C)=O)C(CC)C(=O)OOC. The summed E-state index contributed by atoms with van der Waals surface area (Å²) < 4.78 is 0. The van der Waals surface area contributed by atoms with E-state index >= 15 is 0 Å². The van der Waals surface area contributed by atoms with Crippen LogP contribution in [0.4, 0.5) is 0 Å². The molecule has 0 aromatic rings. The molecule has 0 aromatic heterocycles. The Morgan fingerprint density at radius 3 is 2.14 bits per heavy atom. The molecule has 0 amide bonds. The van der Waals surface area contributed by atoms with Gasteiger partial charge in [-0.05, 0) is 25.7 Å². The van der Waals surface area contributed by atoms with Gasteiger partial charge in [-0.2, -0.15) is 4.89 Å². The summed E-state index contributed by atoms with van der Waals surface area (Å²) in [6, 6.07) is 0. The summed E-state index contributed by atoms with van der Waals surface area (Å²) in [6.45, 7) is 5.74. The molecule has 0 aliphatic heterocycles. The molecule has 0 spiro atoms. The number of Topliss-reactive ketones (excluding diaryl/α,β-unsaturated/α-hetero) is 1. The maximum atomic E-state index is 11.9. The lowest BCUT2D eigenvalue weighted by molar-refractivity contribution is -0.260. The van der Waals surface area contributed by atoms with Crippen LogP contribution < -0.4 is 0 Å². The topological polar surface area (TPSA) is 52.6 Å². The van der Waals surface area contributed by atoms with Crippen molar-refractivity contribution in [2.45, 2.75) is 78.6 Å². The summed E-state index contributed by atoms with van der Waals surface area (Å²) in [5, 5.41) is 0. The van der Waals surface area contributed by atoms with Crippen LogP contribution in [-0.4, -0.2) is 18.9 Å². The predicted molar refractivity (Wildman–Crippen MR) is 83.7 cm³/mol. The molecule has 0 fully saturated rings. The van der Waals surface area contributed by atoms with E-state index in [-0.39, 0.29) is 23.6 Å². The quantitative estimate of drug-likeness (QED) is 0.286. The van der Waals surface area contributed by atoms with Crippen molar-refractivity contribution < 1.29 is 19.4 Å². The van der Waals surface area contributed by atoms with E-state index in [1.54, 1.807) is 6.92 Å². The second-order valence-electron chi connectivity index (χ2n) is 5.81. The largest absolute Gasteiger partial charge is 0.345 e. The monoisotopic (exact) mass is 300 g/mol. The first kappa shape index (κ1) is 20.1. The molecule has 4 heteroatoms. The van der Waals surface area contributed by atoms with E-state index < -0.39 is 0 Å². The zero-order valence-electron chi connectivity index (χ0n) is 14.2. The van der Waals surface area contributed by atoms with Crippen molar-refractivity contribution in [1.29, 1.82) is 0 Å². The first-order valence-corrected chi connectivity index (χ1v) is 8.30. The third-order valence-corrected chi connectivity index (χ3v) is 3.96. The molecule has 0 rings (SSSR count). The lowest BCUT2D eigenvalue weighted by Crippen LogP contribution is -2.27. The summed E-state index contributed by atoms with van der Waals surface area (Å²) in [6.07, 6.45) is 9.31. The van der Waals surface area contributed by atoms with Crippen LogP contribution >= 0.6 is 0 Å². The number of hydrogen-bond acceptors (Lipinski definition) is 4. The molecule has 0 aliphatic rings. The molecule has 0 heterocycles. The predicted octanol–water partition coefficient (Wildman–Crippen LogP) is 4.46. The molecule has 4 nitrogen and oxygen atoms in total. The van der Waals surface area contributed by atoms with Gasteiger partial charge in [0.05, 0.1) is 13.0 Å². The number of unbranched alkanes of at least 4 members (excludes halogenated alkanes) is 5. The van der Waals surface area contributed by atoms with E-state index in [2.05, 4.69) is 16.7 Å². The molecule has 0 bridgehead atoms. The van der Waals surface area contributed by atoms with Gasteiger partial charge in [-0.1, -0.05) is 52.4 Å². The fraction of sp³-hybridized carbons (Fsp3) is 0.882. The zero-order valence-corrected chi connectivity index (χ0v) is 14.2. The van der Waals surface area contributed by atoms with Crippen LogP contribution in [0.2, 0.25) is 0 Å². The second-order valence-corrected chi connectivity index (χ2v) is 5.81. The van der Waals surface area contributed by atoms with Crippen LogP contribution in [0.5, 0.6) is 0 Å². The van der Waals surface area contributed by atoms with E-state index in [1.807, 2.05) is 6.92 Å². The molecule has 0 radical (unpaired) electrons. The Morgan fingerprint density at radius 2 is 1.62 bits per heavy atom. The number of carbonyl (C=O) groups is 2. The van der Waals surface area contributed by atoms with Crippen molar-refractivity contribution in [3.05, 3.63) is 0 Å². The van der Waals surface area contributed by atoms with Crippen LogP contribution in [0.15, 0.2) is 0 Å². The van der Waals surface area contributed by atoms with E-state index in [0.717, 1.165) is 12.8 Å². The van der Waals surface area contributed by atoms with Crippen molar-refractivity contribution >= 4 is 11.8 Å². The van der Waals surface area contributed by atoms with Gasteiger partial charge in [-0.15, -0.1) is 0 Å². The zero-order chi connectivity index (χ0) is 16.1. The van der Waals surface area contributed by atoms with Gasteiger partial charge < -0.3 is 4.79 Å². The van der Waals surface area contributed by atoms with Crippen molar-refractivity contribution in [3.63, 3.8) is 0 Å². The smallest absolute Gasteiger partial charge is 0.300 e. The van der Waals surface area contributed by atoms with E-state index in [9.17, 15) is 9.59 Å². The van der Waals surface area contributed by atoms with Gasteiger partial charge in [-0.25, -0.2) is 4.79 Å². The van der Waals surface area contributed by atoms with E-state index in [0.29, 0.717) is 12.8 Å². The highest BCUT2D eigenvalue weighted by Crippen LogP contribution is 2.27. The number of rotatable bonds is 13. The number of hydrogen-bond donors (Lipinski definition) is 0. The normalized spacial score (nSPS) is 13.7. The molecule has 0 aromatic carbocycles. The first-order chi connectivity index (χ1) is 10.1. The highest BCUT2D eigenvalue weighted by Gasteiger charge is 2.29. The van der Waals surface area contributed by atoms with Gasteiger partial charge >= 0.3 is 5.97 Å². The molecule has 21 heavy (non-hydrogen) atoms. The maximum absolute atomic E-state index is 11.9. The van der Waals surface area contributed by atoms with Gasteiger partial charge in [0.15, 0.2) is 0 Å². The van der Waals surface area contributed by atoms with E-state index in [4.69, 9.17) is 0 Å². The number of ketones is 1. The molecular formula is C17H32O4. The van der Waals surface area contributed by atoms with Crippen molar-refractivity contribution in [3.8, 4) is 0 Å². The van der Waals surface area contributed by atoms with Crippen LogP contribution in [-0.2, 0) is 19.4 Å². The summed E-state index contributed by atoms with van der Waals surface area (Å²) in [7, 11) is 1.33. The third-order valence-electron chi connectivity index (χ3n) is 3.96. The van der Waals surface area contributed by atoms with Gasteiger partial charge in [-0.3, -0.25) is 4.89 Å². The molecular weight excluding hydrogens is 268 g/mol. The van der Waals surface area contributed by atoms with Crippen molar-refractivity contribution in [2.75, 3.05) is 7.11 Å². The molecule has 0 N–H and O–H groups in total.